The first kappa shape index (κ1) is 21.5. The van der Waals surface area contributed by atoms with Gasteiger partial charge in [-0.15, -0.1) is 0 Å². The van der Waals surface area contributed by atoms with Gasteiger partial charge in [-0.2, -0.15) is 0 Å². The summed E-state index contributed by atoms with van der Waals surface area (Å²) in [6.45, 7) is 9.78. The minimum atomic E-state index is -0.692. The Bertz CT molecular complexity index is 1180. The van der Waals surface area contributed by atoms with Crippen LogP contribution in [0.3, 0.4) is 0 Å². The minimum Gasteiger partial charge on any atom is -0.462 e. The van der Waals surface area contributed by atoms with Gasteiger partial charge in [0.05, 0.1) is 6.61 Å². The first-order valence-electron chi connectivity index (χ1n) is 10.2. The SMILES string of the molecule is CCOC(=O)c1cnc2c3cc(NC(=O)C(C)C(C)CC)ccc3c(C)cn2c1=O. The van der Waals surface area contributed by atoms with Crippen LogP contribution in [0.25, 0.3) is 16.4 Å². The van der Waals surface area contributed by atoms with Gasteiger partial charge in [0.15, 0.2) is 0 Å². The van der Waals surface area contributed by atoms with Crippen LogP contribution in [0.2, 0.25) is 0 Å². The lowest BCUT2D eigenvalue weighted by molar-refractivity contribution is -0.120. The molecule has 1 amide bonds. The number of nitrogens with one attached hydrogen (secondary N) is 1. The Balaban J connectivity index is 2.10. The molecule has 2 atom stereocenters. The van der Waals surface area contributed by atoms with Gasteiger partial charge < -0.3 is 10.1 Å². The van der Waals surface area contributed by atoms with Crippen LogP contribution < -0.4 is 10.9 Å². The van der Waals surface area contributed by atoms with Crippen LogP contribution in [0.5, 0.6) is 0 Å². The molecule has 3 rings (SSSR count). The van der Waals surface area contributed by atoms with Crippen molar-refractivity contribution in [2.75, 3.05) is 11.9 Å². The highest BCUT2D eigenvalue weighted by molar-refractivity contribution is 6.01. The van der Waals surface area contributed by atoms with Gasteiger partial charge in [0.25, 0.3) is 5.56 Å². The fourth-order valence-electron chi connectivity index (χ4n) is 3.42. The molecular formula is C23H27N3O4. The molecule has 7 nitrogen and oxygen atoms in total. The van der Waals surface area contributed by atoms with Crippen LogP contribution in [0.4, 0.5) is 5.69 Å². The number of hydrogen-bond acceptors (Lipinski definition) is 5. The molecule has 0 bridgehead atoms. The number of benzene rings is 1. The fourth-order valence-corrected chi connectivity index (χ4v) is 3.42. The fraction of sp³-hybridized carbons (Fsp3) is 0.391. The smallest absolute Gasteiger partial charge is 0.345 e. The molecule has 2 unspecified atom stereocenters. The highest BCUT2D eigenvalue weighted by Crippen LogP contribution is 2.26. The number of rotatable bonds is 6. The zero-order valence-corrected chi connectivity index (χ0v) is 18.0. The number of hydrogen-bond donors (Lipinski definition) is 1. The Morgan fingerprint density at radius 2 is 1.93 bits per heavy atom. The van der Waals surface area contributed by atoms with Crippen molar-refractivity contribution >= 4 is 34.0 Å². The Labute approximate surface area is 175 Å². The van der Waals surface area contributed by atoms with Crippen LogP contribution in [0.1, 0.15) is 50.0 Å². The van der Waals surface area contributed by atoms with E-state index in [-0.39, 0.29) is 29.9 Å². The second kappa shape index (κ2) is 8.65. The number of ether oxygens (including phenoxy) is 1. The van der Waals surface area contributed by atoms with Gasteiger partial charge in [-0.25, -0.2) is 9.78 Å². The van der Waals surface area contributed by atoms with E-state index in [1.807, 2.05) is 32.0 Å². The number of aryl methyl sites for hydroxylation is 1. The van der Waals surface area contributed by atoms with Crippen LogP contribution in [-0.2, 0) is 9.53 Å². The van der Waals surface area contributed by atoms with Gasteiger partial charge in [-0.1, -0.05) is 33.3 Å². The van der Waals surface area contributed by atoms with E-state index in [2.05, 4.69) is 24.1 Å². The second-order valence-corrected chi connectivity index (χ2v) is 7.63. The Morgan fingerprint density at radius 1 is 1.20 bits per heavy atom. The third-order valence-electron chi connectivity index (χ3n) is 5.68. The van der Waals surface area contributed by atoms with E-state index in [0.717, 1.165) is 22.8 Å². The molecule has 0 aliphatic carbocycles. The van der Waals surface area contributed by atoms with E-state index in [0.29, 0.717) is 11.3 Å². The van der Waals surface area contributed by atoms with Crippen molar-refractivity contribution in [1.82, 2.24) is 9.38 Å². The Hall–Kier alpha value is -3.22. The van der Waals surface area contributed by atoms with Crippen molar-refractivity contribution in [2.45, 2.75) is 41.0 Å². The predicted molar refractivity (Wildman–Crippen MR) is 117 cm³/mol. The molecule has 30 heavy (non-hydrogen) atoms. The summed E-state index contributed by atoms with van der Waals surface area (Å²) in [7, 11) is 0. The lowest BCUT2D eigenvalue weighted by atomic mass is 9.93. The quantitative estimate of drug-likeness (QED) is 0.492. The summed E-state index contributed by atoms with van der Waals surface area (Å²) < 4.78 is 6.31. The van der Waals surface area contributed by atoms with Gasteiger partial charge in [0.2, 0.25) is 5.91 Å². The summed E-state index contributed by atoms with van der Waals surface area (Å²) >= 11 is 0. The van der Waals surface area contributed by atoms with E-state index in [1.165, 1.54) is 10.6 Å². The maximum absolute atomic E-state index is 12.9. The van der Waals surface area contributed by atoms with Gasteiger partial charge in [-0.05, 0) is 42.8 Å². The number of carbonyl (C=O) groups is 2. The highest BCUT2D eigenvalue weighted by atomic mass is 16.5. The number of aromatic nitrogens is 2. The van der Waals surface area contributed by atoms with E-state index in [9.17, 15) is 14.4 Å². The number of esters is 1. The molecule has 2 heterocycles. The van der Waals surface area contributed by atoms with Crippen molar-refractivity contribution in [3.05, 3.63) is 52.1 Å². The summed E-state index contributed by atoms with van der Waals surface area (Å²) in [5.41, 5.74) is 1.31. The number of anilines is 1. The first-order chi connectivity index (χ1) is 14.3. The molecule has 0 saturated heterocycles. The molecule has 7 heteroatoms. The van der Waals surface area contributed by atoms with Crippen LogP contribution >= 0.6 is 0 Å². The molecule has 0 aliphatic rings. The molecule has 2 aromatic heterocycles. The number of carbonyl (C=O) groups excluding carboxylic acids is 2. The first-order valence-corrected chi connectivity index (χ1v) is 10.2. The van der Waals surface area contributed by atoms with Crippen molar-refractivity contribution < 1.29 is 14.3 Å². The van der Waals surface area contributed by atoms with E-state index < -0.39 is 11.5 Å². The monoisotopic (exact) mass is 409 g/mol. The molecule has 1 N–H and O–H groups in total. The molecule has 0 fully saturated rings. The third-order valence-corrected chi connectivity index (χ3v) is 5.68. The zero-order chi connectivity index (χ0) is 22.0. The molecule has 0 radical (unpaired) electrons. The van der Waals surface area contributed by atoms with Gasteiger partial charge >= 0.3 is 5.97 Å². The maximum Gasteiger partial charge on any atom is 0.345 e. The standard InChI is InChI=1S/C23H27N3O4/c1-6-13(3)15(5)21(27)25-16-8-9-17-14(4)12-26-20(18(17)10-16)24-11-19(22(26)28)23(29)30-7-2/h8-13,15H,6-7H2,1-5H3,(H,25,27). The van der Waals surface area contributed by atoms with E-state index >= 15 is 0 Å². The van der Waals surface area contributed by atoms with E-state index in [4.69, 9.17) is 4.74 Å². The van der Waals surface area contributed by atoms with Crippen molar-refractivity contribution in [1.29, 1.82) is 0 Å². The lowest BCUT2D eigenvalue weighted by Gasteiger charge is -2.18. The third kappa shape index (κ3) is 3.92. The lowest BCUT2D eigenvalue weighted by Crippen LogP contribution is -2.25. The molecule has 158 valence electrons. The summed E-state index contributed by atoms with van der Waals surface area (Å²) in [5, 5.41) is 4.60. The largest absolute Gasteiger partial charge is 0.462 e. The average Bonchev–Trinajstić information content (AvgIpc) is 2.73. The van der Waals surface area contributed by atoms with E-state index in [1.54, 1.807) is 13.1 Å². The summed E-state index contributed by atoms with van der Waals surface area (Å²) in [6.07, 6.45) is 3.84. The second-order valence-electron chi connectivity index (χ2n) is 7.63. The van der Waals surface area contributed by atoms with Crippen LogP contribution in [-0.4, -0.2) is 27.9 Å². The van der Waals surface area contributed by atoms with Gasteiger partial charge in [0, 0.05) is 29.4 Å². The van der Waals surface area contributed by atoms with Crippen molar-refractivity contribution in [2.24, 2.45) is 11.8 Å². The summed E-state index contributed by atoms with van der Waals surface area (Å²) in [4.78, 5) is 41.8. The molecule has 0 spiro atoms. The predicted octanol–water partition coefficient (Wildman–Crippen LogP) is 3.95. The topological polar surface area (TPSA) is 89.8 Å². The summed E-state index contributed by atoms with van der Waals surface area (Å²) in [6, 6.07) is 5.56. The Morgan fingerprint density at radius 3 is 2.60 bits per heavy atom. The van der Waals surface area contributed by atoms with Gasteiger partial charge in [0.1, 0.15) is 11.2 Å². The number of nitrogens with zero attached hydrogens (tertiary/aromatic N) is 2. The zero-order valence-electron chi connectivity index (χ0n) is 18.0. The molecule has 3 aromatic rings. The highest BCUT2D eigenvalue weighted by Gasteiger charge is 2.20. The van der Waals surface area contributed by atoms with Crippen LogP contribution in [0.15, 0.2) is 35.4 Å². The number of fused-ring (bicyclic) bond motifs is 3. The summed E-state index contributed by atoms with van der Waals surface area (Å²) in [5.74, 6) is -0.583. The molecule has 0 saturated carbocycles. The number of amides is 1. The molecule has 0 aliphatic heterocycles. The molecule has 1 aromatic carbocycles. The minimum absolute atomic E-state index is 0.0459. The number of pyridine rings is 1. The van der Waals surface area contributed by atoms with Crippen molar-refractivity contribution in [3.8, 4) is 0 Å². The average molecular weight is 409 g/mol. The maximum atomic E-state index is 12.9. The molecular weight excluding hydrogens is 382 g/mol. The Kier molecular flexibility index (Phi) is 6.20. The van der Waals surface area contributed by atoms with Crippen LogP contribution in [0, 0.1) is 18.8 Å². The van der Waals surface area contributed by atoms with Crippen molar-refractivity contribution in [3.63, 3.8) is 0 Å². The normalized spacial score (nSPS) is 13.2. The van der Waals surface area contributed by atoms with Gasteiger partial charge in [-0.3, -0.25) is 14.0 Å².